The van der Waals surface area contributed by atoms with Crippen LogP contribution in [0.4, 0.5) is 4.39 Å². The number of carbonyl (C=O) groups is 2. The summed E-state index contributed by atoms with van der Waals surface area (Å²) in [5.74, 6) is -1.54. The number of esters is 1. The lowest BCUT2D eigenvalue weighted by atomic mass is 10.1. The summed E-state index contributed by atoms with van der Waals surface area (Å²) in [5.41, 5.74) is 5.63. The number of primary amides is 1. The van der Waals surface area contributed by atoms with Crippen molar-refractivity contribution in [2.24, 2.45) is 5.73 Å². The van der Waals surface area contributed by atoms with Crippen molar-refractivity contribution in [2.75, 3.05) is 7.11 Å². The molecule has 2 rings (SSSR count). The third kappa shape index (κ3) is 6.84. The molecular weight excluding hydrogens is 403 g/mol. The lowest BCUT2D eigenvalue weighted by Gasteiger charge is -2.17. The van der Waals surface area contributed by atoms with E-state index in [0.717, 1.165) is 0 Å². The Labute approximate surface area is 167 Å². The van der Waals surface area contributed by atoms with Crippen molar-refractivity contribution >= 4 is 21.9 Å². The zero-order valence-electron chi connectivity index (χ0n) is 15.6. The molecular formula is C19H21FN2O6S. The quantitative estimate of drug-likeness (QED) is 0.557. The van der Waals surface area contributed by atoms with E-state index in [0.29, 0.717) is 11.3 Å². The van der Waals surface area contributed by atoms with Crippen molar-refractivity contribution in [1.29, 1.82) is 0 Å². The van der Waals surface area contributed by atoms with Gasteiger partial charge in [0.25, 0.3) is 0 Å². The van der Waals surface area contributed by atoms with Crippen LogP contribution in [0, 0.1) is 5.82 Å². The Hall–Kier alpha value is -2.98. The molecule has 0 heterocycles. The third-order valence-corrected chi connectivity index (χ3v) is 5.41. The predicted molar refractivity (Wildman–Crippen MR) is 102 cm³/mol. The minimum atomic E-state index is -4.07. The largest absolute Gasteiger partial charge is 0.497 e. The molecule has 0 fully saturated rings. The van der Waals surface area contributed by atoms with Gasteiger partial charge >= 0.3 is 5.97 Å². The average Bonchev–Trinajstić information content (AvgIpc) is 2.70. The number of benzene rings is 2. The van der Waals surface area contributed by atoms with Crippen molar-refractivity contribution in [1.82, 2.24) is 4.72 Å². The minimum absolute atomic E-state index is 0.0892. The second-order valence-corrected chi connectivity index (χ2v) is 7.80. The summed E-state index contributed by atoms with van der Waals surface area (Å²) >= 11 is 0. The Morgan fingerprint density at radius 1 is 1.10 bits per heavy atom. The maximum absolute atomic E-state index is 12.9. The normalized spacial score (nSPS) is 12.2. The van der Waals surface area contributed by atoms with Gasteiger partial charge in [-0.25, -0.2) is 12.8 Å². The molecule has 2 aromatic carbocycles. The van der Waals surface area contributed by atoms with Crippen molar-refractivity contribution in [2.45, 2.75) is 30.4 Å². The van der Waals surface area contributed by atoms with Gasteiger partial charge < -0.3 is 15.2 Å². The summed E-state index contributed by atoms with van der Waals surface area (Å²) in [4.78, 5) is 23.4. The van der Waals surface area contributed by atoms with Gasteiger partial charge in [-0.05, 0) is 48.4 Å². The molecule has 0 radical (unpaired) electrons. The van der Waals surface area contributed by atoms with Crippen molar-refractivity contribution in [3.8, 4) is 5.75 Å². The van der Waals surface area contributed by atoms with Crippen molar-refractivity contribution in [3.63, 3.8) is 0 Å². The van der Waals surface area contributed by atoms with Crippen LogP contribution < -0.4 is 15.2 Å². The van der Waals surface area contributed by atoms with E-state index >= 15 is 0 Å². The van der Waals surface area contributed by atoms with Crippen LogP contribution in [0.2, 0.25) is 0 Å². The van der Waals surface area contributed by atoms with Gasteiger partial charge in [0.1, 0.15) is 24.2 Å². The molecule has 10 heteroatoms. The zero-order chi connectivity index (χ0) is 21.4. The van der Waals surface area contributed by atoms with Gasteiger partial charge in [0.15, 0.2) is 0 Å². The minimum Gasteiger partial charge on any atom is -0.497 e. The Morgan fingerprint density at radius 2 is 1.72 bits per heavy atom. The number of amides is 1. The maximum Gasteiger partial charge on any atom is 0.324 e. The molecule has 156 valence electrons. The highest BCUT2D eigenvalue weighted by Gasteiger charge is 2.27. The van der Waals surface area contributed by atoms with Crippen molar-refractivity contribution < 1.29 is 31.9 Å². The van der Waals surface area contributed by atoms with Crippen LogP contribution in [0.5, 0.6) is 5.75 Å². The van der Waals surface area contributed by atoms with Crippen LogP contribution >= 0.6 is 0 Å². The van der Waals surface area contributed by atoms with Gasteiger partial charge in [-0.2, -0.15) is 4.72 Å². The van der Waals surface area contributed by atoms with Crippen LogP contribution in [-0.4, -0.2) is 33.4 Å². The number of nitrogens with one attached hydrogen (secondary N) is 1. The zero-order valence-corrected chi connectivity index (χ0v) is 16.4. The fourth-order valence-electron chi connectivity index (χ4n) is 2.36. The number of methoxy groups -OCH3 is 1. The molecule has 0 saturated carbocycles. The van der Waals surface area contributed by atoms with Gasteiger partial charge in [0.2, 0.25) is 15.9 Å². The molecule has 0 aliphatic heterocycles. The Balaban J connectivity index is 2.11. The average molecular weight is 424 g/mol. The summed E-state index contributed by atoms with van der Waals surface area (Å²) in [6.07, 6.45) is -0.394. The van der Waals surface area contributed by atoms with Gasteiger partial charge in [0.05, 0.1) is 12.0 Å². The number of hydrogen-bond donors (Lipinski definition) is 2. The molecule has 0 aliphatic rings. The summed E-state index contributed by atoms with van der Waals surface area (Å²) in [7, 11) is -2.63. The van der Waals surface area contributed by atoms with Crippen LogP contribution in [0.1, 0.15) is 18.4 Å². The van der Waals surface area contributed by atoms with E-state index in [1.54, 1.807) is 0 Å². The Morgan fingerprint density at radius 3 is 2.28 bits per heavy atom. The number of halogens is 1. The van der Waals surface area contributed by atoms with Gasteiger partial charge in [0, 0.05) is 6.42 Å². The molecule has 0 spiro atoms. The lowest BCUT2D eigenvalue weighted by Crippen LogP contribution is -2.42. The monoisotopic (exact) mass is 424 g/mol. The van der Waals surface area contributed by atoms with Crippen LogP contribution in [0.3, 0.4) is 0 Å². The highest BCUT2D eigenvalue weighted by Crippen LogP contribution is 2.17. The van der Waals surface area contributed by atoms with Gasteiger partial charge in [-0.3, -0.25) is 9.59 Å². The molecule has 0 aliphatic carbocycles. The van der Waals surface area contributed by atoms with Crippen LogP contribution in [0.25, 0.3) is 0 Å². The molecule has 0 saturated heterocycles. The fourth-order valence-corrected chi connectivity index (χ4v) is 3.58. The molecule has 0 bridgehead atoms. The van der Waals surface area contributed by atoms with E-state index in [2.05, 4.69) is 4.72 Å². The van der Waals surface area contributed by atoms with Crippen molar-refractivity contribution in [3.05, 3.63) is 59.9 Å². The molecule has 2 aromatic rings. The summed E-state index contributed by atoms with van der Waals surface area (Å²) < 4.78 is 50.5. The van der Waals surface area contributed by atoms with Gasteiger partial charge in [-0.15, -0.1) is 0 Å². The van der Waals surface area contributed by atoms with E-state index in [1.807, 2.05) is 0 Å². The number of ether oxygens (including phenoxy) is 2. The van der Waals surface area contributed by atoms with E-state index in [-0.39, 0.29) is 24.3 Å². The SMILES string of the molecule is COc1ccc(S(=O)(=O)N[C@H](CCC(N)=O)C(=O)OCc2ccc(F)cc2)cc1. The first kappa shape index (κ1) is 22.3. The predicted octanol–water partition coefficient (Wildman–Crippen LogP) is 1.49. The second kappa shape index (κ2) is 9.99. The maximum atomic E-state index is 12.9. The summed E-state index contributed by atoms with van der Waals surface area (Å²) in [6.45, 7) is -0.184. The second-order valence-electron chi connectivity index (χ2n) is 6.09. The molecule has 1 atom stereocenters. The molecule has 3 N–H and O–H groups in total. The fraction of sp³-hybridized carbons (Fsp3) is 0.263. The highest BCUT2D eigenvalue weighted by molar-refractivity contribution is 7.89. The van der Waals surface area contributed by atoms with Crippen LogP contribution in [-0.2, 0) is 31.0 Å². The number of rotatable bonds is 10. The molecule has 29 heavy (non-hydrogen) atoms. The molecule has 0 aromatic heterocycles. The lowest BCUT2D eigenvalue weighted by molar-refractivity contribution is -0.147. The first-order valence-electron chi connectivity index (χ1n) is 8.57. The Kier molecular flexibility index (Phi) is 7.68. The standard InChI is InChI=1S/C19H21FN2O6S/c1-27-15-6-8-16(9-7-15)29(25,26)22-17(10-11-18(21)23)19(24)28-12-13-2-4-14(20)5-3-13/h2-9,17,22H,10-12H2,1H3,(H2,21,23)/t17-/m1/s1. The number of hydrogen-bond acceptors (Lipinski definition) is 6. The van der Waals surface area contributed by atoms with E-state index < -0.39 is 33.8 Å². The first-order chi connectivity index (χ1) is 13.7. The highest BCUT2D eigenvalue weighted by atomic mass is 32.2. The summed E-state index contributed by atoms with van der Waals surface area (Å²) in [5, 5.41) is 0. The first-order valence-corrected chi connectivity index (χ1v) is 10.1. The third-order valence-electron chi connectivity index (χ3n) is 3.93. The smallest absolute Gasteiger partial charge is 0.324 e. The van der Waals surface area contributed by atoms with E-state index in [1.165, 1.54) is 55.6 Å². The Bertz CT molecular complexity index is 946. The summed E-state index contributed by atoms with van der Waals surface area (Å²) in [6, 6.07) is 9.51. The number of nitrogens with two attached hydrogens (primary N) is 1. The molecule has 1 amide bonds. The topological polar surface area (TPSA) is 125 Å². The number of sulfonamides is 1. The van der Waals surface area contributed by atoms with Crippen LogP contribution in [0.15, 0.2) is 53.4 Å². The van der Waals surface area contributed by atoms with E-state index in [4.69, 9.17) is 15.2 Å². The molecule has 0 unspecified atom stereocenters. The number of carbonyl (C=O) groups excluding carboxylic acids is 2. The van der Waals surface area contributed by atoms with E-state index in [9.17, 15) is 22.4 Å². The van der Waals surface area contributed by atoms with Gasteiger partial charge in [-0.1, -0.05) is 12.1 Å². The molecule has 8 nitrogen and oxygen atoms in total.